The molecule has 3 unspecified atom stereocenters. The lowest BCUT2D eigenvalue weighted by atomic mass is 9.79. The van der Waals surface area contributed by atoms with Crippen molar-refractivity contribution in [2.45, 2.75) is 51.2 Å². The van der Waals surface area contributed by atoms with Gasteiger partial charge < -0.3 is 10.4 Å². The second-order valence-electron chi connectivity index (χ2n) is 6.32. The minimum atomic E-state index is -0.677. The van der Waals surface area contributed by atoms with Crippen molar-refractivity contribution in [1.29, 1.82) is 0 Å². The highest BCUT2D eigenvalue weighted by Gasteiger charge is 2.32. The lowest BCUT2D eigenvalue weighted by molar-refractivity contribution is -0.0134. The van der Waals surface area contributed by atoms with Gasteiger partial charge in [-0.25, -0.2) is 4.39 Å². The van der Waals surface area contributed by atoms with Crippen LogP contribution in [0.5, 0.6) is 0 Å². The van der Waals surface area contributed by atoms with E-state index in [4.69, 9.17) is 23.2 Å². The van der Waals surface area contributed by atoms with Gasteiger partial charge in [-0.3, -0.25) is 0 Å². The first-order chi connectivity index (χ1) is 9.81. The van der Waals surface area contributed by atoms with Crippen LogP contribution in [-0.2, 0) is 0 Å². The van der Waals surface area contributed by atoms with Crippen LogP contribution in [0.3, 0.4) is 0 Å². The third-order valence-corrected chi connectivity index (χ3v) is 4.93. The first kappa shape index (κ1) is 17.0. The minimum absolute atomic E-state index is 0.0238. The summed E-state index contributed by atoms with van der Waals surface area (Å²) in [7, 11) is 0. The molecule has 0 spiro atoms. The van der Waals surface area contributed by atoms with Crippen LogP contribution in [0.15, 0.2) is 12.1 Å². The standard InChI is InChI=1S/C16H22Cl2FNO/c1-10-4-3-5-16(21,8-10)9-20-11(2)12-6-15(19)14(18)7-13(12)17/h6-7,10-11,20-21H,3-5,8-9H2,1-2H3. The highest BCUT2D eigenvalue weighted by Crippen LogP contribution is 2.33. The molecule has 21 heavy (non-hydrogen) atoms. The Morgan fingerprint density at radius 3 is 2.81 bits per heavy atom. The van der Waals surface area contributed by atoms with E-state index in [2.05, 4.69) is 12.2 Å². The fraction of sp³-hybridized carbons (Fsp3) is 0.625. The fourth-order valence-corrected chi connectivity index (χ4v) is 3.66. The maximum atomic E-state index is 13.6. The summed E-state index contributed by atoms with van der Waals surface area (Å²) in [6, 6.07) is 2.63. The van der Waals surface area contributed by atoms with Crippen LogP contribution in [0.1, 0.15) is 51.1 Å². The van der Waals surface area contributed by atoms with E-state index in [0.29, 0.717) is 23.0 Å². The van der Waals surface area contributed by atoms with Gasteiger partial charge in [-0.05, 0) is 43.4 Å². The molecule has 0 amide bonds. The summed E-state index contributed by atoms with van der Waals surface area (Å²) >= 11 is 11.8. The summed E-state index contributed by atoms with van der Waals surface area (Å²) in [5.74, 6) is 0.0622. The average molecular weight is 334 g/mol. The predicted molar refractivity (Wildman–Crippen MR) is 85.4 cm³/mol. The SMILES string of the molecule is CC1CCCC(O)(CNC(C)c2cc(F)c(Cl)cc2Cl)C1. The maximum Gasteiger partial charge on any atom is 0.142 e. The Morgan fingerprint density at radius 1 is 1.43 bits per heavy atom. The van der Waals surface area contributed by atoms with Crippen LogP contribution < -0.4 is 5.32 Å². The topological polar surface area (TPSA) is 32.3 Å². The van der Waals surface area contributed by atoms with E-state index in [1.807, 2.05) is 6.92 Å². The molecule has 1 fully saturated rings. The van der Waals surface area contributed by atoms with Crippen molar-refractivity contribution in [3.8, 4) is 0 Å². The van der Waals surface area contributed by atoms with Gasteiger partial charge in [0.25, 0.3) is 0 Å². The Labute approximate surface area is 135 Å². The second kappa shape index (κ2) is 6.82. The van der Waals surface area contributed by atoms with E-state index >= 15 is 0 Å². The van der Waals surface area contributed by atoms with E-state index in [1.54, 1.807) is 0 Å². The molecule has 0 aliphatic heterocycles. The van der Waals surface area contributed by atoms with Crippen molar-refractivity contribution in [3.63, 3.8) is 0 Å². The molecule has 3 atom stereocenters. The van der Waals surface area contributed by atoms with Crippen LogP contribution >= 0.6 is 23.2 Å². The molecule has 1 aromatic carbocycles. The Morgan fingerprint density at radius 2 is 2.14 bits per heavy atom. The molecule has 118 valence electrons. The second-order valence-corrected chi connectivity index (χ2v) is 7.13. The van der Waals surface area contributed by atoms with Gasteiger partial charge >= 0.3 is 0 Å². The molecule has 5 heteroatoms. The zero-order chi connectivity index (χ0) is 15.6. The van der Waals surface area contributed by atoms with Crippen molar-refractivity contribution >= 4 is 23.2 Å². The van der Waals surface area contributed by atoms with Gasteiger partial charge in [0, 0.05) is 17.6 Å². The zero-order valence-electron chi connectivity index (χ0n) is 12.4. The van der Waals surface area contributed by atoms with E-state index < -0.39 is 11.4 Å². The first-order valence-corrected chi connectivity index (χ1v) is 8.16. The molecule has 2 N–H and O–H groups in total. The summed E-state index contributed by atoms with van der Waals surface area (Å²) < 4.78 is 13.6. The quantitative estimate of drug-likeness (QED) is 0.781. The lowest BCUT2D eigenvalue weighted by Gasteiger charge is -2.36. The van der Waals surface area contributed by atoms with E-state index in [9.17, 15) is 9.50 Å². The van der Waals surface area contributed by atoms with Gasteiger partial charge in [0.15, 0.2) is 0 Å². The predicted octanol–water partition coefficient (Wildman–Crippen LogP) is 4.72. The smallest absolute Gasteiger partial charge is 0.142 e. The molecule has 0 aromatic heterocycles. The number of aliphatic hydroxyl groups is 1. The third kappa shape index (κ3) is 4.32. The molecule has 0 bridgehead atoms. The summed E-state index contributed by atoms with van der Waals surface area (Å²) in [6.45, 7) is 4.56. The van der Waals surface area contributed by atoms with E-state index in [0.717, 1.165) is 19.3 Å². The monoisotopic (exact) mass is 333 g/mol. The van der Waals surface area contributed by atoms with Crippen LogP contribution in [0, 0.1) is 11.7 Å². The molecule has 0 heterocycles. The Bertz CT molecular complexity index is 511. The van der Waals surface area contributed by atoms with Crippen molar-refractivity contribution < 1.29 is 9.50 Å². The van der Waals surface area contributed by atoms with E-state index in [1.165, 1.54) is 18.6 Å². The first-order valence-electron chi connectivity index (χ1n) is 7.41. The van der Waals surface area contributed by atoms with Gasteiger partial charge in [-0.1, -0.05) is 43.0 Å². The molecule has 1 aliphatic carbocycles. The highest BCUT2D eigenvalue weighted by molar-refractivity contribution is 6.35. The number of benzene rings is 1. The van der Waals surface area contributed by atoms with Gasteiger partial charge in [0.2, 0.25) is 0 Å². The summed E-state index contributed by atoms with van der Waals surface area (Å²) in [5, 5.41) is 14.3. The van der Waals surface area contributed by atoms with Gasteiger partial charge in [0.1, 0.15) is 5.82 Å². The largest absolute Gasteiger partial charge is 0.389 e. The number of nitrogens with one attached hydrogen (secondary N) is 1. The molecular weight excluding hydrogens is 312 g/mol. The Hall–Kier alpha value is -0.350. The average Bonchev–Trinajstić information content (AvgIpc) is 2.40. The molecule has 1 aromatic rings. The van der Waals surface area contributed by atoms with Crippen molar-refractivity contribution in [3.05, 3.63) is 33.6 Å². The normalized spacial score (nSPS) is 27.6. The number of rotatable bonds is 4. The van der Waals surface area contributed by atoms with Crippen LogP contribution in [0.4, 0.5) is 4.39 Å². The zero-order valence-corrected chi connectivity index (χ0v) is 13.9. The van der Waals surface area contributed by atoms with Crippen molar-refractivity contribution in [1.82, 2.24) is 5.32 Å². The minimum Gasteiger partial charge on any atom is -0.389 e. The van der Waals surface area contributed by atoms with Crippen LogP contribution in [0.2, 0.25) is 10.0 Å². The van der Waals surface area contributed by atoms with Gasteiger partial charge in [-0.15, -0.1) is 0 Å². The molecule has 1 saturated carbocycles. The van der Waals surface area contributed by atoms with Crippen molar-refractivity contribution in [2.75, 3.05) is 6.54 Å². The highest BCUT2D eigenvalue weighted by atomic mass is 35.5. The Kier molecular flexibility index (Phi) is 5.53. The van der Waals surface area contributed by atoms with Crippen LogP contribution in [0.25, 0.3) is 0 Å². The summed E-state index contributed by atoms with van der Waals surface area (Å²) in [6.07, 6.45) is 3.82. The molecule has 0 radical (unpaired) electrons. The molecule has 1 aliphatic rings. The number of hydrogen-bond donors (Lipinski definition) is 2. The van der Waals surface area contributed by atoms with Crippen molar-refractivity contribution in [2.24, 2.45) is 5.92 Å². The molecule has 2 nitrogen and oxygen atoms in total. The molecule has 2 rings (SSSR count). The maximum absolute atomic E-state index is 13.6. The van der Waals surface area contributed by atoms with Gasteiger partial charge in [-0.2, -0.15) is 0 Å². The van der Waals surface area contributed by atoms with E-state index in [-0.39, 0.29) is 11.1 Å². The van der Waals surface area contributed by atoms with Crippen LogP contribution in [-0.4, -0.2) is 17.3 Å². The third-order valence-electron chi connectivity index (χ3n) is 4.31. The molecule has 0 saturated heterocycles. The summed E-state index contributed by atoms with van der Waals surface area (Å²) in [4.78, 5) is 0. The lowest BCUT2D eigenvalue weighted by Crippen LogP contribution is -2.44. The van der Waals surface area contributed by atoms with Gasteiger partial charge in [0.05, 0.1) is 10.6 Å². The summed E-state index contributed by atoms with van der Waals surface area (Å²) in [5.41, 5.74) is -0.0189. The molecular formula is C16H22Cl2FNO. The fourth-order valence-electron chi connectivity index (χ4n) is 3.12. The Balaban J connectivity index is 2.01. The number of halogens is 3. The number of hydrogen-bond acceptors (Lipinski definition) is 2.